The summed E-state index contributed by atoms with van der Waals surface area (Å²) in [4.78, 5) is 25.5. The van der Waals surface area contributed by atoms with Gasteiger partial charge in [-0.2, -0.15) is 0 Å². The molecule has 3 fully saturated rings. The monoisotopic (exact) mass is 402 g/mol. The van der Waals surface area contributed by atoms with E-state index >= 15 is 0 Å². The lowest BCUT2D eigenvalue weighted by molar-refractivity contribution is -0.146. The zero-order valence-corrected chi connectivity index (χ0v) is 17.2. The predicted molar refractivity (Wildman–Crippen MR) is 107 cm³/mol. The Morgan fingerprint density at radius 2 is 2.24 bits per heavy atom. The first-order valence-corrected chi connectivity index (χ1v) is 10.6. The maximum Gasteiger partial charge on any atom is 0.258 e. The predicted octanol–water partition coefficient (Wildman–Crippen LogP) is 2.49. The van der Waals surface area contributed by atoms with E-state index in [0.29, 0.717) is 43.2 Å². The van der Waals surface area contributed by atoms with Gasteiger partial charge in [0.2, 0.25) is 5.91 Å². The average Bonchev–Trinajstić information content (AvgIpc) is 2.73. The second-order valence-corrected chi connectivity index (χ2v) is 8.23. The van der Waals surface area contributed by atoms with Gasteiger partial charge in [-0.1, -0.05) is 0 Å². The van der Waals surface area contributed by atoms with Gasteiger partial charge in [0.1, 0.15) is 11.5 Å². The Balaban J connectivity index is 1.43. The van der Waals surface area contributed by atoms with Crippen molar-refractivity contribution in [2.24, 2.45) is 17.8 Å². The molecule has 0 radical (unpaired) electrons. The van der Waals surface area contributed by atoms with Crippen molar-refractivity contribution in [3.63, 3.8) is 0 Å². The molecule has 29 heavy (non-hydrogen) atoms. The maximum absolute atomic E-state index is 12.8. The molecule has 0 unspecified atom stereocenters. The van der Waals surface area contributed by atoms with Crippen LogP contribution in [0.4, 0.5) is 0 Å². The molecule has 2 N–H and O–H groups in total. The summed E-state index contributed by atoms with van der Waals surface area (Å²) in [5, 5.41) is 6.20. The van der Waals surface area contributed by atoms with E-state index in [2.05, 4.69) is 10.6 Å². The molecule has 1 heterocycles. The van der Waals surface area contributed by atoms with Crippen LogP contribution in [0.3, 0.4) is 0 Å². The van der Waals surface area contributed by atoms with E-state index in [0.717, 1.165) is 25.7 Å². The number of amides is 2. The number of carbonyl (C=O) groups excluding carboxylic acids is 2. The Labute approximate surface area is 171 Å². The van der Waals surface area contributed by atoms with Gasteiger partial charge < -0.3 is 24.8 Å². The first-order chi connectivity index (χ1) is 14.1. The minimum absolute atomic E-state index is 0.0151. The summed E-state index contributed by atoms with van der Waals surface area (Å²) in [6.45, 7) is 3.97. The van der Waals surface area contributed by atoms with Crippen LogP contribution in [0, 0.1) is 17.8 Å². The number of fused-ring (bicyclic) bond motifs is 3. The van der Waals surface area contributed by atoms with E-state index in [1.54, 1.807) is 25.3 Å². The first kappa shape index (κ1) is 20.0. The molecule has 0 aromatic heterocycles. The Morgan fingerprint density at radius 1 is 1.38 bits per heavy atom. The molecule has 7 nitrogen and oxygen atoms in total. The van der Waals surface area contributed by atoms with Crippen LogP contribution in [0.25, 0.3) is 0 Å². The van der Waals surface area contributed by atoms with Gasteiger partial charge in [-0.25, -0.2) is 0 Å². The summed E-state index contributed by atoms with van der Waals surface area (Å²) in [6.07, 6.45) is 4.17. The number of methoxy groups -OCH3 is 1. The van der Waals surface area contributed by atoms with Crippen molar-refractivity contribution in [1.29, 1.82) is 0 Å². The highest BCUT2D eigenvalue weighted by atomic mass is 16.5. The van der Waals surface area contributed by atoms with Crippen LogP contribution in [0.5, 0.6) is 11.5 Å². The van der Waals surface area contributed by atoms with Crippen molar-refractivity contribution in [3.8, 4) is 11.5 Å². The van der Waals surface area contributed by atoms with Crippen LogP contribution in [-0.2, 0) is 9.53 Å². The van der Waals surface area contributed by atoms with Crippen molar-refractivity contribution >= 4 is 11.8 Å². The minimum Gasteiger partial charge on any atom is -0.497 e. The Kier molecular flexibility index (Phi) is 5.67. The van der Waals surface area contributed by atoms with E-state index in [1.165, 1.54) is 0 Å². The largest absolute Gasteiger partial charge is 0.497 e. The number of carbonyl (C=O) groups is 2. The zero-order chi connectivity index (χ0) is 20.4. The lowest BCUT2D eigenvalue weighted by Gasteiger charge is -2.55. The van der Waals surface area contributed by atoms with Gasteiger partial charge >= 0.3 is 0 Å². The molecule has 4 atom stereocenters. The van der Waals surface area contributed by atoms with E-state index < -0.39 is 5.72 Å². The third-order valence-electron chi connectivity index (χ3n) is 6.57. The molecular weight excluding hydrogens is 372 g/mol. The fourth-order valence-corrected chi connectivity index (χ4v) is 5.10. The summed E-state index contributed by atoms with van der Waals surface area (Å²) in [5.74, 6) is 1.55. The van der Waals surface area contributed by atoms with E-state index in [9.17, 15) is 9.59 Å². The fraction of sp³-hybridized carbons (Fsp3) is 0.636. The molecule has 1 aliphatic heterocycles. The van der Waals surface area contributed by atoms with Crippen LogP contribution in [0.15, 0.2) is 18.2 Å². The summed E-state index contributed by atoms with van der Waals surface area (Å²) >= 11 is 0. The highest BCUT2D eigenvalue weighted by Gasteiger charge is 2.57. The average molecular weight is 402 g/mol. The second-order valence-electron chi connectivity index (χ2n) is 8.23. The summed E-state index contributed by atoms with van der Waals surface area (Å²) in [7, 11) is 1.60. The van der Waals surface area contributed by atoms with Gasteiger partial charge in [-0.3, -0.25) is 9.59 Å². The van der Waals surface area contributed by atoms with Crippen molar-refractivity contribution in [1.82, 2.24) is 10.6 Å². The van der Waals surface area contributed by atoms with Crippen LogP contribution < -0.4 is 20.1 Å². The molecule has 1 aromatic carbocycles. The third kappa shape index (κ3) is 3.80. The molecule has 2 bridgehead atoms. The van der Waals surface area contributed by atoms with Gasteiger partial charge in [0.25, 0.3) is 5.91 Å². The van der Waals surface area contributed by atoms with Crippen LogP contribution in [0.2, 0.25) is 0 Å². The smallest absolute Gasteiger partial charge is 0.258 e. The fourth-order valence-electron chi connectivity index (χ4n) is 5.10. The number of ether oxygens (including phenoxy) is 3. The van der Waals surface area contributed by atoms with Gasteiger partial charge in [0.05, 0.1) is 12.7 Å². The summed E-state index contributed by atoms with van der Waals surface area (Å²) in [5.41, 5.74) is -0.188. The topological polar surface area (TPSA) is 85.9 Å². The lowest BCUT2D eigenvalue weighted by atomic mass is 9.60. The van der Waals surface area contributed by atoms with Crippen molar-refractivity contribution in [2.45, 2.75) is 44.8 Å². The SMILES string of the molecule is CCOCCCNC(=O)[C@@H]1C[C@@H]2CC[C@@H]1C[C@@]21NC(=O)c2ccc(OC)cc2O1. The van der Waals surface area contributed by atoms with Gasteiger partial charge in [-0.15, -0.1) is 0 Å². The Morgan fingerprint density at radius 3 is 2.97 bits per heavy atom. The van der Waals surface area contributed by atoms with Crippen molar-refractivity contribution in [2.75, 3.05) is 26.9 Å². The molecule has 3 saturated carbocycles. The van der Waals surface area contributed by atoms with Crippen molar-refractivity contribution in [3.05, 3.63) is 23.8 Å². The quantitative estimate of drug-likeness (QED) is 0.685. The number of benzene rings is 1. The number of rotatable bonds is 7. The third-order valence-corrected chi connectivity index (χ3v) is 6.57. The molecule has 3 aliphatic carbocycles. The normalized spacial score (nSPS) is 29.7. The standard InChI is InChI=1S/C22H30N2O5/c1-3-28-10-4-9-23-20(25)18-11-15-6-5-14(18)13-22(15)24-21(26)17-8-7-16(27-2)12-19(17)29-22/h7-8,12,14-15,18H,3-6,9-11,13H2,1-2H3,(H,23,25)(H,24,26)/t14-,15+,18-,22+/m1/s1. The van der Waals surface area contributed by atoms with Gasteiger partial charge in [0, 0.05) is 44.1 Å². The summed E-state index contributed by atoms with van der Waals surface area (Å²) in [6, 6.07) is 5.27. The minimum atomic E-state index is -0.717. The highest BCUT2D eigenvalue weighted by Crippen LogP contribution is 2.52. The molecule has 2 amide bonds. The highest BCUT2D eigenvalue weighted by molar-refractivity contribution is 5.98. The molecule has 1 aromatic rings. The van der Waals surface area contributed by atoms with Crippen LogP contribution >= 0.6 is 0 Å². The van der Waals surface area contributed by atoms with E-state index in [4.69, 9.17) is 14.2 Å². The molecular formula is C22H30N2O5. The number of hydrogen-bond donors (Lipinski definition) is 2. The number of hydrogen-bond acceptors (Lipinski definition) is 5. The molecule has 4 aliphatic rings. The molecule has 7 heteroatoms. The molecule has 158 valence electrons. The first-order valence-electron chi connectivity index (χ1n) is 10.6. The van der Waals surface area contributed by atoms with E-state index in [1.807, 2.05) is 6.92 Å². The van der Waals surface area contributed by atoms with Crippen molar-refractivity contribution < 1.29 is 23.8 Å². The van der Waals surface area contributed by atoms with Crippen LogP contribution in [-0.4, -0.2) is 44.4 Å². The summed E-state index contributed by atoms with van der Waals surface area (Å²) < 4.78 is 17.0. The molecule has 1 spiro atoms. The van der Waals surface area contributed by atoms with Crippen LogP contribution in [0.1, 0.15) is 49.4 Å². The van der Waals surface area contributed by atoms with Gasteiger partial charge in [0.15, 0.2) is 5.72 Å². The molecule has 5 rings (SSSR count). The van der Waals surface area contributed by atoms with Gasteiger partial charge in [-0.05, 0) is 50.7 Å². The zero-order valence-electron chi connectivity index (χ0n) is 17.2. The Bertz CT molecular complexity index is 782. The molecule has 0 saturated heterocycles. The lowest BCUT2D eigenvalue weighted by Crippen LogP contribution is -2.66. The van der Waals surface area contributed by atoms with E-state index in [-0.39, 0.29) is 29.6 Å². The second kappa shape index (κ2) is 8.22. The Hall–Kier alpha value is -2.28. The number of nitrogens with one attached hydrogen (secondary N) is 2. The maximum atomic E-state index is 12.8.